The maximum Gasteiger partial charge on any atom is 0.330 e. The van der Waals surface area contributed by atoms with E-state index in [0.29, 0.717) is 29.4 Å². The lowest BCUT2D eigenvalue weighted by Gasteiger charge is -2.43. The molecule has 1 fully saturated rings. The Morgan fingerprint density at radius 3 is 2.42 bits per heavy atom. The van der Waals surface area contributed by atoms with Crippen molar-refractivity contribution in [2.75, 3.05) is 11.4 Å². The number of carbonyl (C=O) groups is 2. The smallest absolute Gasteiger partial charge is 0.330 e. The van der Waals surface area contributed by atoms with Crippen molar-refractivity contribution < 1.29 is 14.7 Å². The van der Waals surface area contributed by atoms with Crippen molar-refractivity contribution in [1.29, 1.82) is 0 Å². The Labute approximate surface area is 157 Å². The van der Waals surface area contributed by atoms with E-state index in [0.717, 1.165) is 12.8 Å². The zero-order chi connectivity index (χ0) is 18.7. The molecule has 1 aliphatic heterocycles. The molecule has 2 aromatic carbocycles. The van der Waals surface area contributed by atoms with Crippen LogP contribution in [0.25, 0.3) is 0 Å². The Kier molecular flexibility index (Phi) is 5.18. The summed E-state index contributed by atoms with van der Waals surface area (Å²) in [7, 11) is 0. The fourth-order valence-corrected chi connectivity index (χ4v) is 3.52. The first-order valence-electron chi connectivity index (χ1n) is 8.59. The van der Waals surface area contributed by atoms with Crippen molar-refractivity contribution in [3.05, 3.63) is 59.6 Å². The van der Waals surface area contributed by atoms with Gasteiger partial charge in [0.2, 0.25) is 0 Å². The van der Waals surface area contributed by atoms with E-state index >= 15 is 0 Å². The van der Waals surface area contributed by atoms with E-state index in [1.54, 1.807) is 31.2 Å². The summed E-state index contributed by atoms with van der Waals surface area (Å²) in [6, 6.07) is 15.8. The Morgan fingerprint density at radius 1 is 1.08 bits per heavy atom. The SMILES string of the molecule is CC1(C(=O)O)CCCCN1C(=O)N(c1ccccc1)c1cccc(Cl)c1. The largest absolute Gasteiger partial charge is 0.480 e. The number of benzene rings is 2. The van der Waals surface area contributed by atoms with Gasteiger partial charge in [-0.2, -0.15) is 0 Å². The van der Waals surface area contributed by atoms with E-state index in [1.807, 2.05) is 30.3 Å². The van der Waals surface area contributed by atoms with Gasteiger partial charge >= 0.3 is 12.0 Å². The van der Waals surface area contributed by atoms with Crippen LogP contribution in [0.4, 0.5) is 16.2 Å². The highest BCUT2D eigenvalue weighted by Crippen LogP contribution is 2.34. The molecule has 3 rings (SSSR count). The molecule has 1 atom stereocenters. The number of likely N-dealkylation sites (tertiary alicyclic amines) is 1. The number of aliphatic carboxylic acids is 1. The number of halogens is 1. The van der Waals surface area contributed by atoms with Crippen LogP contribution in [0.1, 0.15) is 26.2 Å². The highest BCUT2D eigenvalue weighted by atomic mass is 35.5. The number of carboxylic acids is 1. The van der Waals surface area contributed by atoms with Crippen LogP contribution < -0.4 is 4.90 Å². The van der Waals surface area contributed by atoms with Gasteiger partial charge in [0.15, 0.2) is 0 Å². The molecule has 2 aromatic rings. The Hall–Kier alpha value is -2.53. The number of carboxylic acid groups (broad SMARTS) is 1. The van der Waals surface area contributed by atoms with Gasteiger partial charge in [0, 0.05) is 11.6 Å². The monoisotopic (exact) mass is 372 g/mol. The van der Waals surface area contributed by atoms with Crippen molar-refractivity contribution in [1.82, 2.24) is 4.90 Å². The Morgan fingerprint density at radius 2 is 1.77 bits per heavy atom. The molecule has 0 spiro atoms. The van der Waals surface area contributed by atoms with Gasteiger partial charge in [-0.15, -0.1) is 0 Å². The first kappa shape index (κ1) is 18.3. The maximum absolute atomic E-state index is 13.5. The van der Waals surface area contributed by atoms with Crippen molar-refractivity contribution in [2.45, 2.75) is 31.7 Å². The fraction of sp³-hybridized carbons (Fsp3) is 0.300. The molecule has 136 valence electrons. The molecule has 1 N–H and O–H groups in total. The second-order valence-electron chi connectivity index (χ2n) is 6.62. The minimum atomic E-state index is -1.22. The second-order valence-corrected chi connectivity index (χ2v) is 7.06. The van der Waals surface area contributed by atoms with E-state index in [2.05, 4.69) is 0 Å². The second kappa shape index (κ2) is 7.38. The van der Waals surface area contributed by atoms with E-state index in [9.17, 15) is 14.7 Å². The molecule has 0 aliphatic carbocycles. The molecule has 6 heteroatoms. The standard InChI is InChI=1S/C20H21ClN2O3/c1-20(18(24)25)12-5-6-13-22(20)19(26)23(16-9-3-2-4-10-16)17-11-7-8-15(21)14-17/h2-4,7-11,14H,5-6,12-13H2,1H3,(H,24,25). The molecular formula is C20H21ClN2O3. The molecule has 1 heterocycles. The molecule has 5 nitrogen and oxygen atoms in total. The van der Waals surface area contributed by atoms with E-state index in [1.165, 1.54) is 9.80 Å². The molecule has 2 amide bonds. The minimum absolute atomic E-state index is 0.358. The van der Waals surface area contributed by atoms with Gasteiger partial charge in [-0.1, -0.05) is 35.9 Å². The number of nitrogens with zero attached hydrogens (tertiary/aromatic N) is 2. The predicted octanol–water partition coefficient (Wildman–Crippen LogP) is 4.93. The number of hydrogen-bond acceptors (Lipinski definition) is 2. The summed E-state index contributed by atoms with van der Waals surface area (Å²) < 4.78 is 0. The molecule has 0 saturated carbocycles. The van der Waals surface area contributed by atoms with Crippen LogP contribution in [0.15, 0.2) is 54.6 Å². The van der Waals surface area contributed by atoms with Crippen LogP contribution in [-0.4, -0.2) is 34.1 Å². The topological polar surface area (TPSA) is 60.9 Å². The summed E-state index contributed by atoms with van der Waals surface area (Å²) in [6.45, 7) is 2.03. The molecule has 0 aromatic heterocycles. The number of carbonyl (C=O) groups excluding carboxylic acids is 1. The highest BCUT2D eigenvalue weighted by molar-refractivity contribution is 6.31. The lowest BCUT2D eigenvalue weighted by Crippen LogP contribution is -2.60. The Balaban J connectivity index is 2.07. The third kappa shape index (κ3) is 3.40. The zero-order valence-electron chi connectivity index (χ0n) is 14.6. The maximum atomic E-state index is 13.5. The van der Waals surface area contributed by atoms with Crippen LogP contribution in [-0.2, 0) is 4.79 Å². The number of amides is 2. The van der Waals surface area contributed by atoms with Gasteiger partial charge in [-0.05, 0) is 56.5 Å². The molecule has 0 bridgehead atoms. The van der Waals surface area contributed by atoms with Crippen LogP contribution in [0, 0.1) is 0 Å². The number of hydrogen-bond donors (Lipinski definition) is 1. The van der Waals surface area contributed by atoms with Gasteiger partial charge in [0.05, 0.1) is 11.4 Å². The molecule has 1 saturated heterocycles. The van der Waals surface area contributed by atoms with Crippen molar-refractivity contribution in [3.8, 4) is 0 Å². The molecule has 1 aliphatic rings. The molecule has 26 heavy (non-hydrogen) atoms. The molecule has 1 unspecified atom stereocenters. The third-order valence-electron chi connectivity index (χ3n) is 4.85. The lowest BCUT2D eigenvalue weighted by atomic mass is 9.88. The summed E-state index contributed by atoms with van der Waals surface area (Å²) in [4.78, 5) is 28.4. The van der Waals surface area contributed by atoms with E-state index in [4.69, 9.17) is 11.6 Å². The minimum Gasteiger partial charge on any atom is -0.480 e. The first-order valence-corrected chi connectivity index (χ1v) is 8.97. The van der Waals surface area contributed by atoms with Crippen LogP contribution in [0.3, 0.4) is 0 Å². The summed E-state index contributed by atoms with van der Waals surface area (Å²) in [5, 5.41) is 10.3. The van der Waals surface area contributed by atoms with Crippen LogP contribution >= 0.6 is 11.6 Å². The van der Waals surface area contributed by atoms with Gasteiger partial charge < -0.3 is 10.0 Å². The summed E-state index contributed by atoms with van der Waals surface area (Å²) in [5.74, 6) is -0.982. The first-order chi connectivity index (χ1) is 12.4. The normalized spacial score (nSPS) is 19.8. The van der Waals surface area contributed by atoms with Gasteiger partial charge in [0.25, 0.3) is 0 Å². The van der Waals surface area contributed by atoms with Gasteiger partial charge in [0.1, 0.15) is 5.54 Å². The zero-order valence-corrected chi connectivity index (χ0v) is 15.3. The van der Waals surface area contributed by atoms with Crippen molar-refractivity contribution in [2.24, 2.45) is 0 Å². The molecular weight excluding hydrogens is 352 g/mol. The lowest BCUT2D eigenvalue weighted by molar-refractivity contribution is -0.150. The quantitative estimate of drug-likeness (QED) is 0.831. The third-order valence-corrected chi connectivity index (χ3v) is 5.09. The molecule has 0 radical (unpaired) electrons. The number of piperidine rings is 1. The number of rotatable bonds is 3. The summed E-state index contributed by atoms with van der Waals surface area (Å²) in [5.41, 5.74) is 0.0473. The van der Waals surface area contributed by atoms with E-state index in [-0.39, 0.29) is 6.03 Å². The van der Waals surface area contributed by atoms with Gasteiger partial charge in [-0.25, -0.2) is 9.59 Å². The average Bonchev–Trinajstić information content (AvgIpc) is 2.63. The number of anilines is 2. The highest BCUT2D eigenvalue weighted by Gasteiger charge is 2.45. The number of urea groups is 1. The van der Waals surface area contributed by atoms with Crippen LogP contribution in [0.2, 0.25) is 5.02 Å². The Bertz CT molecular complexity index is 812. The summed E-state index contributed by atoms with van der Waals surface area (Å²) in [6.07, 6.45) is 2.01. The fourth-order valence-electron chi connectivity index (χ4n) is 3.33. The number of para-hydroxylation sites is 1. The average molecular weight is 373 g/mol. The van der Waals surface area contributed by atoms with Crippen molar-refractivity contribution in [3.63, 3.8) is 0 Å². The van der Waals surface area contributed by atoms with Gasteiger partial charge in [-0.3, -0.25) is 4.90 Å². The predicted molar refractivity (Wildman–Crippen MR) is 102 cm³/mol. The summed E-state index contributed by atoms with van der Waals surface area (Å²) >= 11 is 6.13. The van der Waals surface area contributed by atoms with Crippen LogP contribution in [0.5, 0.6) is 0 Å². The van der Waals surface area contributed by atoms with Crippen molar-refractivity contribution >= 4 is 35.0 Å². The van der Waals surface area contributed by atoms with E-state index < -0.39 is 11.5 Å².